The predicted octanol–water partition coefficient (Wildman–Crippen LogP) is 3.66. The zero-order valence-electron chi connectivity index (χ0n) is 15.2. The van der Waals surface area contributed by atoms with E-state index in [4.69, 9.17) is 4.74 Å². The van der Waals surface area contributed by atoms with Crippen molar-refractivity contribution in [1.82, 2.24) is 10.3 Å². The summed E-state index contributed by atoms with van der Waals surface area (Å²) < 4.78 is 5.52. The molecule has 7 nitrogen and oxygen atoms in total. The lowest BCUT2D eigenvalue weighted by Gasteiger charge is -2.22. The lowest BCUT2D eigenvalue weighted by molar-refractivity contribution is -0.390. The number of rotatable bonds is 7. The Morgan fingerprint density at radius 1 is 1.00 bits per heavy atom. The number of hydrogen-bond acceptors (Lipinski definition) is 5. The lowest BCUT2D eigenvalue weighted by Crippen LogP contribution is -2.39. The monoisotopic (exact) mass is 377 g/mol. The Bertz CT molecular complexity index is 909. The fraction of sp³-hybridized carbons (Fsp3) is 0.143. The summed E-state index contributed by atoms with van der Waals surface area (Å²) in [5, 5.41) is 14.0. The average Bonchev–Trinajstić information content (AvgIpc) is 2.73. The molecule has 1 atom stereocenters. The normalized spacial score (nSPS) is 11.6. The van der Waals surface area contributed by atoms with Crippen molar-refractivity contribution in [2.75, 3.05) is 0 Å². The van der Waals surface area contributed by atoms with E-state index in [0.29, 0.717) is 0 Å². The van der Waals surface area contributed by atoms with Crippen LogP contribution in [0, 0.1) is 10.1 Å². The number of nitro groups is 1. The van der Waals surface area contributed by atoms with Gasteiger partial charge in [-0.05, 0) is 40.1 Å². The van der Waals surface area contributed by atoms with E-state index in [2.05, 4.69) is 10.3 Å². The van der Waals surface area contributed by atoms with Gasteiger partial charge in [0.25, 0.3) is 5.91 Å². The van der Waals surface area contributed by atoms with E-state index >= 15 is 0 Å². The molecule has 1 heterocycles. The quantitative estimate of drug-likeness (QED) is 0.501. The first-order chi connectivity index (χ1) is 13.6. The maximum absolute atomic E-state index is 12.8. The Morgan fingerprint density at radius 2 is 1.57 bits per heavy atom. The van der Waals surface area contributed by atoms with Crippen molar-refractivity contribution in [1.29, 1.82) is 0 Å². The molecule has 1 N–H and O–H groups in total. The molecule has 0 aliphatic rings. The van der Waals surface area contributed by atoms with Crippen molar-refractivity contribution in [3.8, 4) is 5.75 Å². The summed E-state index contributed by atoms with van der Waals surface area (Å²) in [5.74, 6) is -0.869. The van der Waals surface area contributed by atoms with Gasteiger partial charge in [0.1, 0.15) is 6.20 Å². The Kier molecular flexibility index (Phi) is 5.96. The molecule has 0 aliphatic heterocycles. The van der Waals surface area contributed by atoms with Crippen LogP contribution in [-0.2, 0) is 4.79 Å². The fourth-order valence-electron chi connectivity index (χ4n) is 2.76. The SMILES string of the molecule is CC(Oc1cccnc1[N+](=O)[O-])C(=O)NC(c1ccccc1)c1ccccc1. The van der Waals surface area contributed by atoms with E-state index in [1.165, 1.54) is 18.3 Å². The molecule has 0 radical (unpaired) electrons. The lowest BCUT2D eigenvalue weighted by atomic mass is 9.98. The highest BCUT2D eigenvalue weighted by atomic mass is 16.6. The van der Waals surface area contributed by atoms with E-state index in [-0.39, 0.29) is 11.8 Å². The first kappa shape index (κ1) is 19.0. The number of hydrogen-bond donors (Lipinski definition) is 1. The van der Waals surface area contributed by atoms with Crippen molar-refractivity contribution >= 4 is 11.7 Å². The van der Waals surface area contributed by atoms with Crippen LogP contribution in [0.5, 0.6) is 5.75 Å². The van der Waals surface area contributed by atoms with E-state index in [1.54, 1.807) is 6.92 Å². The predicted molar refractivity (Wildman–Crippen MR) is 104 cm³/mol. The molecule has 142 valence electrons. The summed E-state index contributed by atoms with van der Waals surface area (Å²) in [6, 6.07) is 21.7. The molecule has 0 saturated heterocycles. The van der Waals surface area contributed by atoms with Gasteiger partial charge in [0, 0.05) is 0 Å². The minimum atomic E-state index is -0.946. The van der Waals surface area contributed by atoms with Crippen LogP contribution >= 0.6 is 0 Å². The van der Waals surface area contributed by atoms with Gasteiger partial charge < -0.3 is 20.2 Å². The van der Waals surface area contributed by atoms with E-state index in [0.717, 1.165) is 11.1 Å². The summed E-state index contributed by atoms with van der Waals surface area (Å²) in [7, 11) is 0. The summed E-state index contributed by atoms with van der Waals surface area (Å²) in [5.41, 5.74) is 1.84. The molecule has 0 spiro atoms. The minimum Gasteiger partial charge on any atom is -0.473 e. The zero-order valence-corrected chi connectivity index (χ0v) is 15.2. The third kappa shape index (κ3) is 4.50. The second kappa shape index (κ2) is 8.77. The van der Waals surface area contributed by atoms with Crippen LogP contribution in [0.4, 0.5) is 5.82 Å². The number of benzene rings is 2. The summed E-state index contributed by atoms with van der Waals surface area (Å²) in [6.45, 7) is 1.54. The Hall–Kier alpha value is -3.74. The van der Waals surface area contributed by atoms with Crippen molar-refractivity contribution < 1.29 is 14.5 Å². The van der Waals surface area contributed by atoms with Crippen molar-refractivity contribution in [2.24, 2.45) is 0 Å². The smallest absolute Gasteiger partial charge is 0.406 e. The number of aromatic nitrogens is 1. The molecule has 0 saturated carbocycles. The fourth-order valence-corrected chi connectivity index (χ4v) is 2.76. The van der Waals surface area contributed by atoms with Gasteiger partial charge in [-0.25, -0.2) is 0 Å². The Labute approximate surface area is 162 Å². The molecule has 7 heteroatoms. The molecule has 3 rings (SSSR count). The van der Waals surface area contributed by atoms with Crippen LogP contribution in [0.25, 0.3) is 0 Å². The highest BCUT2D eigenvalue weighted by molar-refractivity contribution is 5.81. The van der Waals surface area contributed by atoms with Crippen molar-refractivity contribution in [3.05, 3.63) is 100 Å². The van der Waals surface area contributed by atoms with Gasteiger partial charge >= 0.3 is 5.82 Å². The van der Waals surface area contributed by atoms with E-state index in [1.807, 2.05) is 60.7 Å². The highest BCUT2D eigenvalue weighted by Gasteiger charge is 2.24. The number of carbonyl (C=O) groups is 1. The minimum absolute atomic E-state index is 0.0499. The molecule has 1 unspecified atom stereocenters. The van der Waals surface area contributed by atoms with Gasteiger partial charge in [-0.15, -0.1) is 0 Å². The first-order valence-corrected chi connectivity index (χ1v) is 8.72. The first-order valence-electron chi connectivity index (χ1n) is 8.72. The molecule has 1 aromatic heterocycles. The molecule has 1 amide bonds. The molecular weight excluding hydrogens is 358 g/mol. The van der Waals surface area contributed by atoms with Crippen LogP contribution in [0.15, 0.2) is 79.0 Å². The van der Waals surface area contributed by atoms with Gasteiger partial charge in [0.15, 0.2) is 6.10 Å². The second-order valence-corrected chi connectivity index (χ2v) is 6.11. The van der Waals surface area contributed by atoms with Gasteiger partial charge in [-0.3, -0.25) is 4.79 Å². The zero-order chi connectivity index (χ0) is 19.9. The van der Waals surface area contributed by atoms with E-state index in [9.17, 15) is 14.9 Å². The number of pyridine rings is 1. The van der Waals surface area contributed by atoms with Crippen LogP contribution in [0.3, 0.4) is 0 Å². The average molecular weight is 377 g/mol. The molecule has 0 fully saturated rings. The largest absolute Gasteiger partial charge is 0.473 e. The molecule has 2 aromatic carbocycles. The van der Waals surface area contributed by atoms with Gasteiger partial charge in [0.2, 0.25) is 5.75 Å². The standard InChI is InChI=1S/C21H19N3O4/c1-15(28-18-13-8-14-22-20(18)24(26)27)21(25)23-19(16-9-4-2-5-10-16)17-11-6-3-7-12-17/h2-15,19H,1H3,(H,23,25). The summed E-state index contributed by atoms with van der Waals surface area (Å²) in [6.07, 6.45) is 0.356. The summed E-state index contributed by atoms with van der Waals surface area (Å²) in [4.78, 5) is 26.9. The molecular formula is C21H19N3O4. The van der Waals surface area contributed by atoms with E-state index < -0.39 is 22.8 Å². The third-order valence-corrected chi connectivity index (χ3v) is 4.15. The number of nitrogens with zero attached hydrogens (tertiary/aromatic N) is 2. The number of amides is 1. The summed E-state index contributed by atoms with van der Waals surface area (Å²) >= 11 is 0. The van der Waals surface area contributed by atoms with Crippen molar-refractivity contribution in [3.63, 3.8) is 0 Å². The van der Waals surface area contributed by atoms with Crippen LogP contribution in [0.2, 0.25) is 0 Å². The Balaban J connectivity index is 1.80. The molecule has 0 bridgehead atoms. The van der Waals surface area contributed by atoms with Crippen molar-refractivity contribution in [2.45, 2.75) is 19.1 Å². The highest BCUT2D eigenvalue weighted by Crippen LogP contribution is 2.25. The number of ether oxygens (including phenoxy) is 1. The van der Waals surface area contributed by atoms with Gasteiger partial charge in [0.05, 0.1) is 6.04 Å². The third-order valence-electron chi connectivity index (χ3n) is 4.15. The topological polar surface area (TPSA) is 94.4 Å². The number of nitrogens with one attached hydrogen (secondary N) is 1. The molecule has 0 aliphatic carbocycles. The van der Waals surface area contributed by atoms with Gasteiger partial charge in [-0.2, -0.15) is 0 Å². The number of carbonyl (C=O) groups excluding carboxylic acids is 1. The second-order valence-electron chi connectivity index (χ2n) is 6.11. The molecule has 3 aromatic rings. The maximum atomic E-state index is 12.8. The maximum Gasteiger partial charge on any atom is 0.406 e. The Morgan fingerprint density at radius 3 is 2.11 bits per heavy atom. The molecule has 28 heavy (non-hydrogen) atoms. The van der Waals surface area contributed by atoms with Crippen LogP contribution in [0.1, 0.15) is 24.1 Å². The van der Waals surface area contributed by atoms with Crippen LogP contribution < -0.4 is 10.1 Å². The van der Waals surface area contributed by atoms with Gasteiger partial charge in [-0.1, -0.05) is 60.7 Å². The van der Waals surface area contributed by atoms with Crippen LogP contribution in [-0.4, -0.2) is 21.9 Å².